The number of carboxylic acid groups (broad SMARTS) is 1. The van der Waals surface area contributed by atoms with E-state index in [-0.39, 0.29) is 69.7 Å². The van der Waals surface area contributed by atoms with E-state index in [1.54, 1.807) is 37.3 Å². The van der Waals surface area contributed by atoms with Gasteiger partial charge in [-0.05, 0) is 62.0 Å². The molecule has 0 spiro atoms. The van der Waals surface area contributed by atoms with Crippen molar-refractivity contribution < 1.29 is 57.7 Å². The van der Waals surface area contributed by atoms with Crippen LogP contribution in [0.15, 0.2) is 60.7 Å². The molecule has 65 heavy (non-hydrogen) atoms. The molecule has 2 aromatic rings. The average molecular weight is 906 g/mol. The lowest BCUT2D eigenvalue weighted by atomic mass is 9.81. The number of likely N-dealkylation sites (tertiary alicyclic amines) is 1. The second kappa shape index (κ2) is 25.8. The maximum Gasteiger partial charge on any atom is 0.407 e. The van der Waals surface area contributed by atoms with E-state index in [1.165, 1.54) is 4.90 Å². The first-order valence-electron chi connectivity index (χ1n) is 22.2. The third-order valence-electron chi connectivity index (χ3n) is 11.3. The summed E-state index contributed by atoms with van der Waals surface area (Å²) in [6.45, 7) is 5.09. The monoisotopic (exact) mass is 905 g/mol. The summed E-state index contributed by atoms with van der Waals surface area (Å²) in [5, 5.41) is 22.1. The quantitative estimate of drug-likeness (QED) is 0.0589. The number of benzene rings is 2. The number of carbonyl (C=O) groups excluding carboxylic acids is 8. The van der Waals surface area contributed by atoms with Gasteiger partial charge in [-0.3, -0.25) is 38.4 Å². The molecule has 1 aliphatic heterocycles. The van der Waals surface area contributed by atoms with Crippen LogP contribution in [0.4, 0.5) is 4.79 Å². The van der Waals surface area contributed by atoms with Crippen LogP contribution >= 0.6 is 0 Å². The van der Waals surface area contributed by atoms with Crippen molar-refractivity contribution in [2.75, 3.05) is 26.2 Å². The van der Waals surface area contributed by atoms with Crippen molar-refractivity contribution in [2.45, 2.75) is 115 Å². The highest BCUT2D eigenvalue weighted by Gasteiger charge is 2.44. The average Bonchev–Trinajstić information content (AvgIpc) is 3.74. The Labute approximate surface area is 378 Å². The minimum Gasteiger partial charge on any atom is -0.481 e. The number of Topliss-reactive ketones (excluding diaryl/α,β-unsaturated/α-hetero) is 1. The highest BCUT2D eigenvalue weighted by atomic mass is 16.5. The Kier molecular flexibility index (Phi) is 20.4. The zero-order valence-corrected chi connectivity index (χ0v) is 37.3. The molecule has 0 radical (unpaired) electrons. The number of carboxylic acids is 1. The standard InChI is InChI=1S/C46H63N7O12/c1-4-12-34(39(55)43(59)49-24-37(54)52-38(40(47)56)30-15-9-6-10-16-30)50-42(58)36-23-33(64-27-29-13-7-5-8-14-29)25-53(36)44(60)35(51-46(63)65-26-28(2)3)17-11-22-48-41(57)31-18-20-32(21-19-31)45(61)62/h5-10,13-16,28,31-36,38H,4,11-12,17-27H2,1-3H3,(H2,47,56)(H,48,57)(H,49,59)(H,50,58)(H,51,63)(H,52,54)(H,61,62)/t31?,32?,33-,34?,35?,36+,38+/m1/s1. The third kappa shape index (κ3) is 16.3. The highest BCUT2D eigenvalue weighted by Crippen LogP contribution is 2.29. The molecule has 19 nitrogen and oxygen atoms in total. The number of primary amides is 1. The van der Waals surface area contributed by atoms with Gasteiger partial charge in [0.25, 0.3) is 5.91 Å². The van der Waals surface area contributed by atoms with Crippen molar-refractivity contribution in [1.29, 1.82) is 0 Å². The summed E-state index contributed by atoms with van der Waals surface area (Å²) in [5.74, 6) is -7.13. The molecule has 0 bridgehead atoms. The summed E-state index contributed by atoms with van der Waals surface area (Å²) in [6.07, 6.45) is 0.884. The Hall–Kier alpha value is -6.37. The number of nitrogens with two attached hydrogens (primary N) is 1. The first kappa shape index (κ1) is 51.3. The van der Waals surface area contributed by atoms with Crippen molar-refractivity contribution in [3.05, 3.63) is 71.8 Å². The zero-order valence-electron chi connectivity index (χ0n) is 37.3. The van der Waals surface area contributed by atoms with Crippen LogP contribution in [0.3, 0.4) is 0 Å². The van der Waals surface area contributed by atoms with E-state index in [4.69, 9.17) is 15.2 Å². The summed E-state index contributed by atoms with van der Waals surface area (Å²) < 4.78 is 11.5. The van der Waals surface area contributed by atoms with Crippen molar-refractivity contribution in [3.63, 3.8) is 0 Å². The fraction of sp³-hybridized carbons (Fsp3) is 0.543. The van der Waals surface area contributed by atoms with Gasteiger partial charge in [-0.2, -0.15) is 0 Å². The Bertz CT molecular complexity index is 1960. The van der Waals surface area contributed by atoms with Gasteiger partial charge in [-0.25, -0.2) is 4.79 Å². The Morgan fingerprint density at radius 1 is 0.800 bits per heavy atom. The fourth-order valence-corrected chi connectivity index (χ4v) is 7.75. The number of amides is 7. The third-order valence-corrected chi connectivity index (χ3v) is 11.3. The molecule has 19 heteroatoms. The molecule has 2 unspecified atom stereocenters. The number of rotatable bonds is 24. The van der Waals surface area contributed by atoms with Gasteiger partial charge < -0.3 is 51.8 Å². The van der Waals surface area contributed by atoms with E-state index >= 15 is 0 Å². The van der Waals surface area contributed by atoms with Crippen LogP contribution in [-0.2, 0) is 54.4 Å². The van der Waals surface area contributed by atoms with E-state index in [0.29, 0.717) is 37.7 Å². The molecular weight excluding hydrogens is 843 g/mol. The van der Waals surface area contributed by atoms with Crippen molar-refractivity contribution in [2.24, 2.45) is 23.5 Å². The Morgan fingerprint density at radius 3 is 2.06 bits per heavy atom. The van der Waals surface area contributed by atoms with Crippen LogP contribution < -0.4 is 32.3 Å². The number of ether oxygens (including phenoxy) is 2. The van der Waals surface area contributed by atoms with Gasteiger partial charge in [0.05, 0.1) is 37.8 Å². The molecule has 2 aliphatic rings. The SMILES string of the molecule is CCCC(NC(=O)[C@@H]1C[C@@H](OCc2ccccc2)CN1C(=O)C(CCCNC(=O)C1CCC(C(=O)O)CC1)NC(=O)OCC(C)C)C(=O)C(=O)NCC(=O)N[C@H](C(N)=O)c1ccccc1. The van der Waals surface area contributed by atoms with Crippen LogP contribution in [0, 0.1) is 17.8 Å². The van der Waals surface area contributed by atoms with Gasteiger partial charge in [0, 0.05) is 25.4 Å². The molecule has 1 aliphatic carbocycles. The van der Waals surface area contributed by atoms with Gasteiger partial charge in [0.15, 0.2) is 0 Å². The number of ketones is 1. The number of carbonyl (C=O) groups is 9. The summed E-state index contributed by atoms with van der Waals surface area (Å²) in [5.41, 5.74) is 6.75. The van der Waals surface area contributed by atoms with Crippen LogP contribution in [-0.4, -0.2) is 114 Å². The van der Waals surface area contributed by atoms with E-state index in [0.717, 1.165) is 5.56 Å². The fourth-order valence-electron chi connectivity index (χ4n) is 7.75. The van der Waals surface area contributed by atoms with Crippen LogP contribution in [0.5, 0.6) is 0 Å². The molecule has 4 rings (SSSR count). The predicted molar refractivity (Wildman–Crippen MR) is 235 cm³/mol. The molecule has 2 fully saturated rings. The summed E-state index contributed by atoms with van der Waals surface area (Å²) in [4.78, 5) is 119. The number of hydrogen-bond acceptors (Lipinski definition) is 11. The second-order valence-corrected chi connectivity index (χ2v) is 16.9. The van der Waals surface area contributed by atoms with Crippen molar-refractivity contribution >= 4 is 53.3 Å². The van der Waals surface area contributed by atoms with Crippen LogP contribution in [0.25, 0.3) is 0 Å². The van der Waals surface area contributed by atoms with Gasteiger partial charge in [-0.1, -0.05) is 87.9 Å². The molecule has 1 heterocycles. The minimum absolute atomic E-state index is 0.00305. The normalized spacial score (nSPS) is 19.5. The van der Waals surface area contributed by atoms with Crippen LogP contribution in [0.2, 0.25) is 0 Å². The number of alkyl carbamates (subject to hydrolysis) is 1. The molecule has 2 aromatic carbocycles. The number of nitrogens with one attached hydrogen (secondary N) is 5. The molecule has 1 saturated heterocycles. The van der Waals surface area contributed by atoms with Crippen molar-refractivity contribution in [3.8, 4) is 0 Å². The summed E-state index contributed by atoms with van der Waals surface area (Å²) >= 11 is 0. The van der Waals surface area contributed by atoms with Crippen LogP contribution in [0.1, 0.15) is 95.7 Å². The minimum atomic E-state index is -1.35. The number of nitrogens with zero attached hydrogens (tertiary/aromatic N) is 1. The van der Waals surface area contributed by atoms with E-state index < -0.39 is 90.1 Å². The van der Waals surface area contributed by atoms with E-state index in [9.17, 15) is 48.3 Å². The lowest BCUT2D eigenvalue weighted by Crippen LogP contribution is -2.56. The molecule has 8 N–H and O–H groups in total. The van der Waals surface area contributed by atoms with Gasteiger partial charge in [0.1, 0.15) is 18.1 Å². The van der Waals surface area contributed by atoms with Gasteiger partial charge in [-0.15, -0.1) is 0 Å². The first-order valence-corrected chi connectivity index (χ1v) is 22.2. The number of aliphatic carboxylic acids is 1. The molecule has 5 atom stereocenters. The lowest BCUT2D eigenvalue weighted by molar-refractivity contribution is -0.144. The van der Waals surface area contributed by atoms with Gasteiger partial charge in [0.2, 0.25) is 35.3 Å². The maximum absolute atomic E-state index is 14.5. The largest absolute Gasteiger partial charge is 0.481 e. The highest BCUT2D eigenvalue weighted by molar-refractivity contribution is 6.38. The maximum atomic E-state index is 14.5. The summed E-state index contributed by atoms with van der Waals surface area (Å²) in [6, 6.07) is 12.5. The molecule has 7 amide bonds. The molecule has 1 saturated carbocycles. The van der Waals surface area contributed by atoms with Crippen molar-refractivity contribution in [1.82, 2.24) is 31.5 Å². The Balaban J connectivity index is 1.46. The Morgan fingerprint density at radius 2 is 1.45 bits per heavy atom. The molecule has 354 valence electrons. The topological polar surface area (TPSA) is 282 Å². The number of hydrogen-bond donors (Lipinski definition) is 7. The smallest absolute Gasteiger partial charge is 0.407 e. The van der Waals surface area contributed by atoms with Gasteiger partial charge >= 0.3 is 12.1 Å². The summed E-state index contributed by atoms with van der Waals surface area (Å²) in [7, 11) is 0. The van der Waals surface area contributed by atoms with E-state index in [1.807, 2.05) is 44.2 Å². The molecular formula is C46H63N7O12. The van der Waals surface area contributed by atoms with E-state index in [2.05, 4.69) is 26.6 Å². The predicted octanol–water partition coefficient (Wildman–Crippen LogP) is 2.02. The first-order chi connectivity index (χ1) is 31.1. The molecule has 0 aromatic heterocycles. The zero-order chi connectivity index (χ0) is 47.5. The lowest BCUT2D eigenvalue weighted by Gasteiger charge is -2.29. The second-order valence-electron chi connectivity index (χ2n) is 16.9.